The molecule has 0 aliphatic carbocycles. The first-order valence-electron chi connectivity index (χ1n) is 5.14. The number of hydrogen-bond acceptors (Lipinski definition) is 2. The maximum atomic E-state index is 13.1. The summed E-state index contributed by atoms with van der Waals surface area (Å²) in [5.74, 6) is -1.86. The van der Waals surface area contributed by atoms with E-state index < -0.39 is 24.2 Å². The third-order valence-electron chi connectivity index (χ3n) is 2.74. The number of carbonyl (C=O) groups excluding carboxylic acids is 1. The topological polar surface area (TPSA) is 29.5 Å². The average molecular weight is 280 g/mol. The molecule has 0 bridgehead atoms. The van der Waals surface area contributed by atoms with Gasteiger partial charge in [0.05, 0.1) is 0 Å². The van der Waals surface area contributed by atoms with Gasteiger partial charge in [0.25, 0.3) is 0 Å². The summed E-state index contributed by atoms with van der Waals surface area (Å²) in [6, 6.07) is 6.08. The van der Waals surface area contributed by atoms with Gasteiger partial charge in [0.1, 0.15) is 18.6 Å². The van der Waals surface area contributed by atoms with E-state index in [2.05, 4.69) is 4.74 Å². The second kappa shape index (κ2) is 4.68. The van der Waals surface area contributed by atoms with Crippen LogP contribution in [0.3, 0.4) is 0 Å². The van der Waals surface area contributed by atoms with Crippen molar-refractivity contribution in [2.75, 3.05) is 6.61 Å². The first-order valence-corrected chi connectivity index (χ1v) is 5.48. The van der Waals surface area contributed by atoms with E-state index in [1.807, 2.05) is 0 Å². The Hall–Kier alpha value is -1.43. The van der Waals surface area contributed by atoms with E-state index in [1.54, 1.807) is 6.07 Å². The average Bonchev–Trinajstić information content (AvgIpc) is 2.61. The highest BCUT2D eigenvalue weighted by Gasteiger charge is 2.51. The van der Waals surface area contributed by atoms with E-state index in [4.69, 9.17) is 11.8 Å². The van der Waals surface area contributed by atoms with E-state index >= 15 is 0 Å². The molecule has 1 heterocycles. The molecule has 3 nitrogen and oxygen atoms in total. The Morgan fingerprint density at radius 3 is 2.39 bits per heavy atom. The maximum Gasteiger partial charge on any atom is 0.424 e. The fourth-order valence-electron chi connectivity index (χ4n) is 1.94. The monoisotopic (exact) mass is 279 g/mol. The van der Waals surface area contributed by atoms with Gasteiger partial charge in [-0.05, 0) is 5.56 Å². The first-order chi connectivity index (χ1) is 8.41. The van der Waals surface area contributed by atoms with E-state index in [9.17, 15) is 18.0 Å². The summed E-state index contributed by atoms with van der Waals surface area (Å²) >= 11 is 5.54. The van der Waals surface area contributed by atoms with Crippen molar-refractivity contribution in [2.45, 2.75) is 18.1 Å². The zero-order valence-corrected chi connectivity index (χ0v) is 9.78. The van der Waals surface area contributed by atoms with Gasteiger partial charge < -0.3 is 4.74 Å². The van der Waals surface area contributed by atoms with Crippen LogP contribution in [0.15, 0.2) is 30.3 Å². The van der Waals surface area contributed by atoms with Crippen molar-refractivity contribution in [3.63, 3.8) is 0 Å². The van der Waals surface area contributed by atoms with Crippen molar-refractivity contribution in [3.05, 3.63) is 35.9 Å². The number of hydrogen-bond donors (Lipinski definition) is 0. The molecule has 1 aromatic carbocycles. The molecule has 2 rings (SSSR count). The lowest BCUT2D eigenvalue weighted by atomic mass is 9.91. The molecule has 98 valence electrons. The number of cyclic esters (lactones) is 1. The Morgan fingerprint density at radius 2 is 1.94 bits per heavy atom. The molecular weight excluding hydrogens is 271 g/mol. The number of carbonyl (C=O) groups is 1. The van der Waals surface area contributed by atoms with Crippen LogP contribution in [-0.4, -0.2) is 29.3 Å². The fraction of sp³-hybridized carbons (Fsp3) is 0.364. The van der Waals surface area contributed by atoms with Crippen molar-refractivity contribution in [2.24, 2.45) is 0 Å². The predicted octanol–water partition coefficient (Wildman–Crippen LogP) is 3.31. The molecule has 1 fully saturated rings. The normalized spacial score (nSPS) is 21.9. The minimum absolute atomic E-state index is 0.0546. The van der Waals surface area contributed by atoms with Crippen molar-refractivity contribution in [1.29, 1.82) is 0 Å². The molecule has 0 radical (unpaired) electrons. The molecule has 1 saturated heterocycles. The van der Waals surface area contributed by atoms with E-state index in [1.165, 1.54) is 24.3 Å². The minimum atomic E-state index is -4.51. The molecule has 0 N–H and O–H groups in total. The fourth-order valence-corrected chi connectivity index (χ4v) is 2.15. The molecule has 7 heteroatoms. The quantitative estimate of drug-likeness (QED) is 0.777. The summed E-state index contributed by atoms with van der Waals surface area (Å²) in [7, 11) is 0. The third kappa shape index (κ3) is 2.38. The van der Waals surface area contributed by atoms with Crippen LogP contribution < -0.4 is 0 Å². The van der Waals surface area contributed by atoms with Crippen LogP contribution in [-0.2, 0) is 4.74 Å². The van der Waals surface area contributed by atoms with Gasteiger partial charge in [0.2, 0.25) is 0 Å². The molecule has 0 aromatic heterocycles. The Labute approximate surface area is 106 Å². The summed E-state index contributed by atoms with van der Waals surface area (Å²) in [5.41, 5.74) is 0.0546. The van der Waals surface area contributed by atoms with Crippen LogP contribution in [0.5, 0.6) is 0 Å². The lowest BCUT2D eigenvalue weighted by molar-refractivity contribution is -0.159. The van der Waals surface area contributed by atoms with E-state index in [0.29, 0.717) is 4.42 Å². The molecule has 2 unspecified atom stereocenters. The highest BCUT2D eigenvalue weighted by Crippen LogP contribution is 2.41. The summed E-state index contributed by atoms with van der Waals surface area (Å²) in [6.07, 6.45) is -5.46. The molecule has 1 aromatic rings. The molecular formula is C11H9ClF3NO2. The summed E-state index contributed by atoms with van der Waals surface area (Å²) in [6.45, 7) is -0.374. The molecule has 1 aliphatic heterocycles. The van der Waals surface area contributed by atoms with Crippen molar-refractivity contribution < 1.29 is 22.7 Å². The Balaban J connectivity index is 2.36. The Morgan fingerprint density at radius 1 is 1.33 bits per heavy atom. The number of rotatable bonds is 2. The van der Waals surface area contributed by atoms with Crippen LogP contribution in [0, 0.1) is 0 Å². The zero-order chi connectivity index (χ0) is 13.3. The minimum Gasteiger partial charge on any atom is -0.446 e. The highest BCUT2D eigenvalue weighted by atomic mass is 35.5. The molecule has 1 aliphatic rings. The second-order valence-corrected chi connectivity index (χ2v) is 4.25. The first kappa shape index (κ1) is 13.0. The smallest absolute Gasteiger partial charge is 0.424 e. The highest BCUT2D eigenvalue weighted by molar-refractivity contribution is 6.21. The van der Waals surface area contributed by atoms with Gasteiger partial charge in [0, 0.05) is 11.8 Å². The van der Waals surface area contributed by atoms with Gasteiger partial charge in [0.15, 0.2) is 0 Å². The second-order valence-electron chi connectivity index (χ2n) is 3.89. The van der Waals surface area contributed by atoms with E-state index in [-0.39, 0.29) is 12.2 Å². The van der Waals surface area contributed by atoms with Crippen molar-refractivity contribution in [1.82, 2.24) is 4.42 Å². The Kier molecular flexibility index (Phi) is 3.38. The van der Waals surface area contributed by atoms with Crippen molar-refractivity contribution in [3.8, 4) is 0 Å². The van der Waals surface area contributed by atoms with Gasteiger partial charge in [-0.2, -0.15) is 13.2 Å². The lowest BCUT2D eigenvalue weighted by Gasteiger charge is -2.27. The van der Waals surface area contributed by atoms with E-state index in [0.717, 1.165) is 0 Å². The van der Waals surface area contributed by atoms with Crippen molar-refractivity contribution >= 4 is 17.9 Å². The summed E-state index contributed by atoms with van der Waals surface area (Å²) in [4.78, 5) is 11.1. The van der Waals surface area contributed by atoms with Gasteiger partial charge in [-0.1, -0.05) is 30.3 Å². The Bertz CT molecular complexity index is 438. The molecule has 2 atom stereocenters. The van der Waals surface area contributed by atoms with Crippen LogP contribution in [0.2, 0.25) is 0 Å². The van der Waals surface area contributed by atoms with Gasteiger partial charge in [-0.3, -0.25) is 0 Å². The molecule has 0 spiro atoms. The van der Waals surface area contributed by atoms with Crippen LogP contribution in [0.4, 0.5) is 18.0 Å². The van der Waals surface area contributed by atoms with Crippen LogP contribution in [0.25, 0.3) is 0 Å². The lowest BCUT2D eigenvalue weighted by Crippen LogP contribution is -2.39. The van der Waals surface area contributed by atoms with Crippen LogP contribution >= 0.6 is 11.8 Å². The standard InChI is InChI=1S/C11H9ClF3NO2/c12-16-8(6-18-10(16)17)9(11(13,14)15)7-4-2-1-3-5-7/h1-5,8-9H,6H2. The van der Waals surface area contributed by atoms with Gasteiger partial charge >= 0.3 is 12.3 Å². The van der Waals surface area contributed by atoms with Crippen LogP contribution in [0.1, 0.15) is 11.5 Å². The number of benzene rings is 1. The molecule has 18 heavy (non-hydrogen) atoms. The third-order valence-corrected chi connectivity index (χ3v) is 3.13. The predicted molar refractivity (Wildman–Crippen MR) is 58.1 cm³/mol. The maximum absolute atomic E-state index is 13.1. The number of alkyl halides is 3. The molecule has 0 saturated carbocycles. The molecule has 1 amide bonds. The number of nitrogens with zero attached hydrogens (tertiary/aromatic N) is 1. The SMILES string of the molecule is O=C1OCC(C(c2ccccc2)C(F)(F)F)N1Cl. The zero-order valence-electron chi connectivity index (χ0n) is 9.02. The number of amides is 1. The largest absolute Gasteiger partial charge is 0.446 e. The van der Waals surface area contributed by atoms with Gasteiger partial charge in [-0.25, -0.2) is 9.21 Å². The van der Waals surface area contributed by atoms with Gasteiger partial charge in [-0.15, -0.1) is 0 Å². The number of ether oxygens (including phenoxy) is 1. The number of halogens is 4. The summed E-state index contributed by atoms with van der Waals surface area (Å²) < 4.78 is 44.3. The summed E-state index contributed by atoms with van der Waals surface area (Å²) in [5, 5.41) is 0.